The van der Waals surface area contributed by atoms with E-state index in [2.05, 4.69) is 6.92 Å². The SMILES string of the molecule is CCCCCCCCCCCCCCCCCCN.[CaH2]. The van der Waals surface area contributed by atoms with Gasteiger partial charge in [0.2, 0.25) is 0 Å². The molecule has 0 rings (SSSR count). The van der Waals surface area contributed by atoms with E-state index in [1.165, 1.54) is 103 Å². The van der Waals surface area contributed by atoms with Gasteiger partial charge in [-0.2, -0.15) is 0 Å². The van der Waals surface area contributed by atoms with Crippen LogP contribution in [-0.2, 0) is 0 Å². The van der Waals surface area contributed by atoms with Crippen molar-refractivity contribution in [1.29, 1.82) is 0 Å². The van der Waals surface area contributed by atoms with Crippen LogP contribution < -0.4 is 5.73 Å². The molecular formula is C18H41CaN. The van der Waals surface area contributed by atoms with E-state index in [0.29, 0.717) is 0 Å². The predicted octanol–water partition coefficient (Wildman–Crippen LogP) is 5.29. The number of unbranched alkanes of at least 4 members (excludes halogenated alkanes) is 15. The van der Waals surface area contributed by atoms with Gasteiger partial charge in [0.05, 0.1) is 0 Å². The van der Waals surface area contributed by atoms with Crippen LogP contribution in [-0.4, -0.2) is 44.3 Å². The van der Waals surface area contributed by atoms with Crippen LogP contribution in [0.15, 0.2) is 0 Å². The molecule has 0 atom stereocenters. The van der Waals surface area contributed by atoms with Crippen molar-refractivity contribution in [2.45, 2.75) is 110 Å². The Bertz CT molecular complexity index is 134. The second-order valence-electron chi connectivity index (χ2n) is 6.09. The Hall–Kier alpha value is 1.22. The van der Waals surface area contributed by atoms with Gasteiger partial charge in [0.25, 0.3) is 0 Å². The van der Waals surface area contributed by atoms with E-state index >= 15 is 0 Å². The molecule has 120 valence electrons. The van der Waals surface area contributed by atoms with Crippen molar-refractivity contribution in [1.82, 2.24) is 0 Å². The van der Waals surface area contributed by atoms with Gasteiger partial charge in [-0.15, -0.1) is 0 Å². The summed E-state index contributed by atoms with van der Waals surface area (Å²) in [6.07, 6.45) is 22.9. The topological polar surface area (TPSA) is 26.0 Å². The first-order valence-electron chi connectivity index (χ1n) is 9.12. The minimum atomic E-state index is 0. The molecule has 0 radical (unpaired) electrons. The molecule has 0 aliphatic carbocycles. The Morgan fingerprint density at radius 2 is 0.700 bits per heavy atom. The van der Waals surface area contributed by atoms with Crippen molar-refractivity contribution < 1.29 is 0 Å². The summed E-state index contributed by atoms with van der Waals surface area (Å²) >= 11 is 0. The fourth-order valence-electron chi connectivity index (χ4n) is 2.69. The van der Waals surface area contributed by atoms with Gasteiger partial charge in [-0.1, -0.05) is 103 Å². The van der Waals surface area contributed by atoms with E-state index in [9.17, 15) is 0 Å². The predicted molar refractivity (Wildman–Crippen MR) is 97.1 cm³/mol. The maximum absolute atomic E-state index is 5.48. The van der Waals surface area contributed by atoms with E-state index in [1.807, 2.05) is 0 Å². The zero-order valence-corrected chi connectivity index (χ0v) is 13.6. The van der Waals surface area contributed by atoms with Crippen LogP contribution in [0, 0.1) is 0 Å². The van der Waals surface area contributed by atoms with Crippen molar-refractivity contribution >= 4 is 37.7 Å². The van der Waals surface area contributed by atoms with E-state index in [4.69, 9.17) is 5.73 Å². The van der Waals surface area contributed by atoms with Gasteiger partial charge in [-0.25, -0.2) is 0 Å². The Morgan fingerprint density at radius 1 is 0.450 bits per heavy atom. The van der Waals surface area contributed by atoms with Crippen LogP contribution in [0.4, 0.5) is 0 Å². The molecule has 20 heavy (non-hydrogen) atoms. The maximum atomic E-state index is 5.48. The molecule has 0 aromatic rings. The van der Waals surface area contributed by atoms with Gasteiger partial charge in [-0.3, -0.25) is 0 Å². The summed E-state index contributed by atoms with van der Waals surface area (Å²) in [5.41, 5.74) is 5.48. The Labute approximate surface area is 158 Å². The van der Waals surface area contributed by atoms with Crippen LogP contribution >= 0.6 is 0 Å². The average molecular weight is 312 g/mol. The molecule has 0 spiro atoms. The molecule has 0 aromatic heterocycles. The second-order valence-corrected chi connectivity index (χ2v) is 6.09. The van der Waals surface area contributed by atoms with Crippen LogP contribution in [0.5, 0.6) is 0 Å². The van der Waals surface area contributed by atoms with Crippen LogP contribution in [0.25, 0.3) is 0 Å². The molecule has 0 unspecified atom stereocenters. The van der Waals surface area contributed by atoms with E-state index in [1.54, 1.807) is 0 Å². The summed E-state index contributed by atoms with van der Waals surface area (Å²) in [5, 5.41) is 0. The molecule has 0 heterocycles. The van der Waals surface area contributed by atoms with Crippen LogP contribution in [0.1, 0.15) is 110 Å². The zero-order chi connectivity index (χ0) is 14.0. The van der Waals surface area contributed by atoms with Gasteiger partial charge in [0, 0.05) is 0 Å². The van der Waals surface area contributed by atoms with Crippen LogP contribution in [0.2, 0.25) is 0 Å². The number of hydrogen-bond acceptors (Lipinski definition) is 1. The van der Waals surface area contributed by atoms with E-state index < -0.39 is 0 Å². The molecule has 0 aromatic carbocycles. The third-order valence-corrected chi connectivity index (χ3v) is 4.06. The van der Waals surface area contributed by atoms with Crippen molar-refractivity contribution in [2.24, 2.45) is 5.73 Å². The van der Waals surface area contributed by atoms with E-state index in [0.717, 1.165) is 6.54 Å². The second kappa shape index (κ2) is 22.5. The van der Waals surface area contributed by atoms with Crippen molar-refractivity contribution in [3.05, 3.63) is 0 Å². The average Bonchev–Trinajstić information content (AvgIpc) is 2.43. The fraction of sp³-hybridized carbons (Fsp3) is 1.00. The summed E-state index contributed by atoms with van der Waals surface area (Å²) < 4.78 is 0. The quantitative estimate of drug-likeness (QED) is 0.304. The normalized spacial score (nSPS) is 10.5. The molecule has 2 heteroatoms. The molecule has 1 nitrogen and oxygen atoms in total. The summed E-state index contributed by atoms with van der Waals surface area (Å²) in [4.78, 5) is 0. The Balaban J connectivity index is 0. The van der Waals surface area contributed by atoms with Gasteiger partial charge in [-0.05, 0) is 13.0 Å². The van der Waals surface area contributed by atoms with Crippen molar-refractivity contribution in [2.75, 3.05) is 6.54 Å². The summed E-state index contributed by atoms with van der Waals surface area (Å²) in [6.45, 7) is 3.16. The van der Waals surface area contributed by atoms with E-state index in [-0.39, 0.29) is 37.7 Å². The fourth-order valence-corrected chi connectivity index (χ4v) is 2.69. The first-order valence-corrected chi connectivity index (χ1v) is 9.12. The standard InChI is InChI=1S/C18H39N.Ca.2H/c1-2-3-4-5-6-7-8-9-10-11-12-13-14-15-16-17-18-19;;;/h2-19H2,1H3;;;. The minimum absolute atomic E-state index is 0. The molecule has 0 bridgehead atoms. The Kier molecular flexibility index (Phi) is 26.4. The molecule has 0 aliphatic rings. The third-order valence-electron chi connectivity index (χ3n) is 4.06. The van der Waals surface area contributed by atoms with Crippen molar-refractivity contribution in [3.63, 3.8) is 0 Å². The molecular weight excluding hydrogens is 270 g/mol. The number of rotatable bonds is 16. The summed E-state index contributed by atoms with van der Waals surface area (Å²) in [5.74, 6) is 0. The summed E-state index contributed by atoms with van der Waals surface area (Å²) in [6, 6.07) is 0. The first kappa shape index (κ1) is 23.5. The van der Waals surface area contributed by atoms with Gasteiger partial charge >= 0.3 is 37.7 Å². The molecule has 0 amide bonds. The van der Waals surface area contributed by atoms with Gasteiger partial charge < -0.3 is 5.73 Å². The molecule has 0 saturated heterocycles. The van der Waals surface area contributed by atoms with Crippen LogP contribution in [0.3, 0.4) is 0 Å². The summed E-state index contributed by atoms with van der Waals surface area (Å²) in [7, 11) is 0. The molecule has 0 fully saturated rings. The Morgan fingerprint density at radius 3 is 0.950 bits per heavy atom. The zero-order valence-electron chi connectivity index (χ0n) is 13.6. The number of nitrogens with two attached hydrogens (primary N) is 1. The van der Waals surface area contributed by atoms with Gasteiger partial charge in [0.1, 0.15) is 0 Å². The first-order chi connectivity index (χ1) is 9.41. The van der Waals surface area contributed by atoms with Crippen molar-refractivity contribution in [3.8, 4) is 0 Å². The third kappa shape index (κ3) is 21.5. The number of hydrogen-bond donors (Lipinski definition) is 1. The monoisotopic (exact) mass is 311 g/mol. The van der Waals surface area contributed by atoms with Gasteiger partial charge in [0.15, 0.2) is 0 Å². The molecule has 2 N–H and O–H groups in total. The molecule has 0 saturated carbocycles. The molecule has 0 aliphatic heterocycles.